The quantitative estimate of drug-likeness (QED) is 0.892. The summed E-state index contributed by atoms with van der Waals surface area (Å²) < 4.78 is 5.62. The SMILES string of the molecule is Cl.O=C(CC1CSCCN1)NC1CCOc2ccccc21. The largest absolute Gasteiger partial charge is 0.493 e. The second-order valence-electron chi connectivity index (χ2n) is 5.23. The summed E-state index contributed by atoms with van der Waals surface area (Å²) >= 11 is 1.92. The van der Waals surface area contributed by atoms with E-state index in [-0.39, 0.29) is 24.4 Å². The van der Waals surface area contributed by atoms with Crippen molar-refractivity contribution in [2.45, 2.75) is 24.9 Å². The molecule has 2 atom stereocenters. The van der Waals surface area contributed by atoms with Crippen LogP contribution in [-0.2, 0) is 4.79 Å². The average molecular weight is 329 g/mol. The smallest absolute Gasteiger partial charge is 0.222 e. The Labute approximate surface area is 135 Å². The maximum absolute atomic E-state index is 12.2. The molecule has 2 heterocycles. The van der Waals surface area contributed by atoms with Crippen LogP contribution in [0.3, 0.4) is 0 Å². The lowest BCUT2D eigenvalue weighted by Crippen LogP contribution is -2.42. The van der Waals surface area contributed by atoms with E-state index < -0.39 is 0 Å². The summed E-state index contributed by atoms with van der Waals surface area (Å²) in [6, 6.07) is 8.35. The van der Waals surface area contributed by atoms with Crippen LogP contribution in [0.15, 0.2) is 24.3 Å². The maximum atomic E-state index is 12.2. The predicted octanol–water partition coefficient (Wildman–Crippen LogP) is 2.14. The van der Waals surface area contributed by atoms with Gasteiger partial charge < -0.3 is 15.4 Å². The molecule has 1 saturated heterocycles. The average Bonchev–Trinajstić information content (AvgIpc) is 2.48. The Kier molecular flexibility index (Phi) is 6.21. The van der Waals surface area contributed by atoms with Crippen molar-refractivity contribution in [3.8, 4) is 5.75 Å². The molecule has 1 aromatic carbocycles. The van der Waals surface area contributed by atoms with Gasteiger partial charge in [0.15, 0.2) is 0 Å². The van der Waals surface area contributed by atoms with Crippen LogP contribution in [0.2, 0.25) is 0 Å². The van der Waals surface area contributed by atoms with Crippen molar-refractivity contribution in [2.75, 3.05) is 24.7 Å². The molecule has 2 N–H and O–H groups in total. The molecule has 0 bridgehead atoms. The highest BCUT2D eigenvalue weighted by atomic mass is 35.5. The Morgan fingerprint density at radius 3 is 3.10 bits per heavy atom. The minimum atomic E-state index is 0. The van der Waals surface area contributed by atoms with E-state index in [1.54, 1.807) is 0 Å². The molecule has 1 aromatic rings. The number of nitrogens with one attached hydrogen (secondary N) is 2. The van der Waals surface area contributed by atoms with E-state index >= 15 is 0 Å². The van der Waals surface area contributed by atoms with E-state index in [0.717, 1.165) is 35.8 Å². The highest BCUT2D eigenvalue weighted by molar-refractivity contribution is 7.99. The topological polar surface area (TPSA) is 50.4 Å². The van der Waals surface area contributed by atoms with E-state index in [4.69, 9.17) is 4.74 Å². The molecular weight excluding hydrogens is 308 g/mol. The number of fused-ring (bicyclic) bond motifs is 1. The summed E-state index contributed by atoms with van der Waals surface area (Å²) in [6.45, 7) is 1.67. The summed E-state index contributed by atoms with van der Waals surface area (Å²) in [5.41, 5.74) is 1.10. The summed E-state index contributed by atoms with van der Waals surface area (Å²) in [6.07, 6.45) is 1.40. The van der Waals surface area contributed by atoms with Gasteiger partial charge >= 0.3 is 0 Å². The molecule has 2 aliphatic rings. The standard InChI is InChI=1S/C15H20N2O2S.ClH/c18-15(9-11-10-20-8-6-16-11)17-13-5-7-19-14-4-2-1-3-12(13)14;/h1-4,11,13,16H,5-10H2,(H,17,18);1H. The second kappa shape index (κ2) is 7.92. The van der Waals surface area contributed by atoms with Crippen molar-refractivity contribution in [2.24, 2.45) is 0 Å². The van der Waals surface area contributed by atoms with Crippen LogP contribution in [-0.4, -0.2) is 36.6 Å². The first-order valence-corrected chi connectivity index (χ1v) is 8.30. The third kappa shape index (κ3) is 4.28. The maximum Gasteiger partial charge on any atom is 0.222 e. The fourth-order valence-corrected chi connectivity index (χ4v) is 3.67. The van der Waals surface area contributed by atoms with Gasteiger partial charge in [-0.2, -0.15) is 11.8 Å². The molecule has 0 aromatic heterocycles. The monoisotopic (exact) mass is 328 g/mol. The first kappa shape index (κ1) is 16.5. The number of carbonyl (C=O) groups excluding carboxylic acids is 1. The van der Waals surface area contributed by atoms with E-state index in [2.05, 4.69) is 10.6 Å². The number of carbonyl (C=O) groups is 1. The number of amides is 1. The molecule has 0 spiro atoms. The van der Waals surface area contributed by atoms with Crippen molar-refractivity contribution >= 4 is 30.1 Å². The zero-order chi connectivity index (χ0) is 13.8. The zero-order valence-corrected chi connectivity index (χ0v) is 13.5. The number of para-hydroxylation sites is 1. The first-order valence-electron chi connectivity index (χ1n) is 7.15. The normalized spacial score (nSPS) is 24.2. The Hall–Kier alpha value is -0.910. The lowest BCUT2D eigenvalue weighted by atomic mass is 10.0. The lowest BCUT2D eigenvalue weighted by Gasteiger charge is -2.28. The Balaban J connectivity index is 0.00000161. The molecule has 4 nitrogen and oxygen atoms in total. The molecule has 21 heavy (non-hydrogen) atoms. The van der Waals surface area contributed by atoms with Gasteiger partial charge in [0.1, 0.15) is 5.75 Å². The zero-order valence-electron chi connectivity index (χ0n) is 11.8. The minimum Gasteiger partial charge on any atom is -0.493 e. The molecular formula is C15H21ClN2O2S. The Morgan fingerprint density at radius 2 is 2.29 bits per heavy atom. The lowest BCUT2D eigenvalue weighted by molar-refractivity contribution is -0.122. The van der Waals surface area contributed by atoms with Gasteiger partial charge in [0, 0.05) is 42.5 Å². The summed E-state index contributed by atoms with van der Waals surface area (Å²) in [4.78, 5) is 12.2. The van der Waals surface area contributed by atoms with Crippen molar-refractivity contribution in [1.29, 1.82) is 0 Å². The molecule has 116 valence electrons. The van der Waals surface area contributed by atoms with Crippen molar-refractivity contribution in [3.05, 3.63) is 29.8 Å². The van der Waals surface area contributed by atoms with Crippen LogP contribution < -0.4 is 15.4 Å². The van der Waals surface area contributed by atoms with Crippen molar-refractivity contribution in [3.63, 3.8) is 0 Å². The van der Waals surface area contributed by atoms with Crippen molar-refractivity contribution in [1.82, 2.24) is 10.6 Å². The first-order chi connectivity index (χ1) is 9.83. The molecule has 2 aliphatic heterocycles. The van der Waals surface area contributed by atoms with Crippen LogP contribution in [0.4, 0.5) is 0 Å². The van der Waals surface area contributed by atoms with Gasteiger partial charge in [-0.15, -0.1) is 12.4 Å². The molecule has 3 rings (SSSR count). The number of thioether (sulfide) groups is 1. The molecule has 6 heteroatoms. The Bertz CT molecular complexity index is 480. The van der Waals surface area contributed by atoms with E-state index in [1.165, 1.54) is 0 Å². The number of rotatable bonds is 3. The van der Waals surface area contributed by atoms with Crippen LogP contribution in [0.1, 0.15) is 24.4 Å². The molecule has 0 aliphatic carbocycles. The summed E-state index contributed by atoms with van der Waals surface area (Å²) in [5.74, 6) is 3.20. The van der Waals surface area contributed by atoms with Gasteiger partial charge in [-0.05, 0) is 6.07 Å². The molecule has 1 fully saturated rings. The minimum absolute atomic E-state index is 0. The molecule has 0 radical (unpaired) electrons. The third-order valence-corrected chi connectivity index (χ3v) is 4.85. The molecule has 1 amide bonds. The van der Waals surface area contributed by atoms with Gasteiger partial charge in [-0.1, -0.05) is 18.2 Å². The molecule has 2 unspecified atom stereocenters. The summed E-state index contributed by atoms with van der Waals surface area (Å²) in [7, 11) is 0. The highest BCUT2D eigenvalue weighted by Gasteiger charge is 2.24. The number of hydrogen-bond donors (Lipinski definition) is 2. The Morgan fingerprint density at radius 1 is 1.43 bits per heavy atom. The van der Waals surface area contributed by atoms with Gasteiger partial charge in [0.25, 0.3) is 0 Å². The second-order valence-corrected chi connectivity index (χ2v) is 6.37. The highest BCUT2D eigenvalue weighted by Crippen LogP contribution is 2.31. The fraction of sp³-hybridized carbons (Fsp3) is 0.533. The van der Waals surface area contributed by atoms with E-state index in [9.17, 15) is 4.79 Å². The van der Waals surface area contributed by atoms with Crippen LogP contribution in [0.5, 0.6) is 5.75 Å². The van der Waals surface area contributed by atoms with Gasteiger partial charge in [-0.3, -0.25) is 4.79 Å². The predicted molar refractivity (Wildman–Crippen MR) is 88.4 cm³/mol. The van der Waals surface area contributed by atoms with E-state index in [1.807, 2.05) is 36.0 Å². The number of ether oxygens (including phenoxy) is 1. The van der Waals surface area contributed by atoms with Gasteiger partial charge in [0.2, 0.25) is 5.91 Å². The van der Waals surface area contributed by atoms with E-state index in [0.29, 0.717) is 19.1 Å². The van der Waals surface area contributed by atoms with Crippen LogP contribution >= 0.6 is 24.2 Å². The number of halogens is 1. The van der Waals surface area contributed by atoms with Gasteiger partial charge in [0.05, 0.1) is 12.6 Å². The summed E-state index contributed by atoms with van der Waals surface area (Å²) in [5, 5.41) is 6.55. The number of benzene rings is 1. The van der Waals surface area contributed by atoms with Crippen LogP contribution in [0, 0.1) is 0 Å². The number of hydrogen-bond acceptors (Lipinski definition) is 4. The van der Waals surface area contributed by atoms with Crippen LogP contribution in [0.25, 0.3) is 0 Å². The molecule has 0 saturated carbocycles. The fourth-order valence-electron chi connectivity index (χ4n) is 2.72. The van der Waals surface area contributed by atoms with Crippen molar-refractivity contribution < 1.29 is 9.53 Å². The van der Waals surface area contributed by atoms with Gasteiger partial charge in [-0.25, -0.2) is 0 Å². The third-order valence-electron chi connectivity index (χ3n) is 3.72.